The zero-order chi connectivity index (χ0) is 63.1. The van der Waals surface area contributed by atoms with Crippen LogP contribution < -0.4 is 0 Å². The number of fused-ring (bicyclic) bond motifs is 5. The second-order valence-corrected chi connectivity index (χ2v) is 28.1. The van der Waals surface area contributed by atoms with Gasteiger partial charge in [-0.1, -0.05) is 53.2 Å². The average Bonchev–Trinajstić information content (AvgIpc) is 1.28. The smallest absolute Gasteiger partial charge is 0.187 e. The molecule has 8 fully saturated rings. The third kappa shape index (κ3) is 12.5. The molecule has 9 rings (SSSR count). The van der Waals surface area contributed by atoms with Gasteiger partial charge in [-0.15, -0.1) is 0 Å². The lowest BCUT2D eigenvalue weighted by atomic mass is 9.38. The number of ether oxygens (including phenoxy) is 10. The van der Waals surface area contributed by atoms with Gasteiger partial charge in [0.1, 0.15) is 104 Å². The molecular formula is C59H100O27. The molecule has 0 bridgehead atoms. The van der Waals surface area contributed by atoms with Crippen molar-refractivity contribution in [3.8, 4) is 0 Å². The molecule has 4 unspecified atom stereocenters. The Hall–Kier alpha value is -1.34. The number of hydrogen-bond donors (Lipinski definition) is 17. The molecule has 0 aromatic carbocycles. The van der Waals surface area contributed by atoms with E-state index in [1.807, 2.05) is 0 Å². The van der Waals surface area contributed by atoms with Crippen LogP contribution in [0.2, 0.25) is 0 Å². The molecule has 0 aromatic heterocycles. The third-order valence-corrected chi connectivity index (χ3v) is 22.3. The Balaban J connectivity index is 0.878. The van der Waals surface area contributed by atoms with E-state index in [1.54, 1.807) is 13.8 Å². The van der Waals surface area contributed by atoms with Crippen LogP contribution in [0.3, 0.4) is 0 Å². The molecule has 0 spiro atoms. The van der Waals surface area contributed by atoms with Crippen LogP contribution in [0, 0.1) is 45.3 Å². The summed E-state index contributed by atoms with van der Waals surface area (Å²) in [6.45, 7) is 13.4. The van der Waals surface area contributed by atoms with Gasteiger partial charge in [-0.05, 0) is 99.7 Å². The van der Waals surface area contributed by atoms with Gasteiger partial charge in [0.25, 0.3) is 0 Å². The molecule has 0 radical (unpaired) electrons. The SMILES string of the molecule is C[C@H](CC[C@@H](O[C@@H]1O[C@H](CO[C@H]2OC[C@@H](O)C[C@H]2O)[C@@H](O)[C@H](O)[C@H]1O[C@H]1OC(CO)[C@H](O)[C@@H](O)[C@@H]1O)C(C)(C)O)C1CC[C@@]2(C)C3CC=C4C(CC[C@H](O[C@@H]5O[C@H](CO)[C@@H](O[C@H]6O[C@H](CO)[C@@H](O)[C@H](O)[C@H]6O)[C@H](O)[C@H]5O)C4(C)C)[C@]3(C)[C@H](O)C[C@]12C. The Labute approximate surface area is 501 Å². The topological polar surface area (TPSA) is 436 Å². The van der Waals surface area contributed by atoms with E-state index in [4.69, 9.17) is 47.4 Å². The van der Waals surface area contributed by atoms with Crippen molar-refractivity contribution in [1.82, 2.24) is 0 Å². The Bertz CT molecular complexity index is 2260. The highest BCUT2D eigenvalue weighted by molar-refractivity contribution is 5.32. The van der Waals surface area contributed by atoms with E-state index < -0.39 is 202 Å². The van der Waals surface area contributed by atoms with Gasteiger partial charge in [0, 0.05) is 17.3 Å². The first kappa shape index (κ1) is 69.0. The van der Waals surface area contributed by atoms with E-state index in [0.29, 0.717) is 32.1 Å². The minimum atomic E-state index is -1.90. The van der Waals surface area contributed by atoms with Gasteiger partial charge in [0.05, 0.1) is 63.1 Å². The summed E-state index contributed by atoms with van der Waals surface area (Å²) < 4.78 is 59.6. The standard InChI is InChI=1S/C59H100O27/c1-24(9-13-37(56(4,5)76)84-54-49(86-53-46(74)42(70)39(67)31(20-61)80-53)43(71)40(68)33(82-54)23-78-50-29(64)17-25(63)22-77-50)26-15-16-57(6)34-12-10-27-28(59(34,8)35(65)18-58(26,57)7)11-14-36(55(27,2)3)83-51-47(75)44(72)48(32(21-62)81-51)85-52-45(73)41(69)38(66)30(19-60)79-52/h10,24-26,28-54,60-76H,9,11-23H2,1-8H3/t24-,25+,26?,28?,29-,30-,31?,32-,33-,34?,35-,36+,37-,38-,39+,40-,41+,42-,43+,44-,45-,46+,47-,48-,49-,50-,51+,52-,53-,54+,57+,58-,59+/m1/s1. The second-order valence-electron chi connectivity index (χ2n) is 28.1. The normalized spacial score (nSPS) is 51.4. The van der Waals surface area contributed by atoms with Crippen molar-refractivity contribution in [2.24, 2.45) is 45.3 Å². The number of allylic oxidation sites excluding steroid dienone is 1. The van der Waals surface area contributed by atoms with Crippen molar-refractivity contribution in [1.29, 1.82) is 0 Å². The molecule has 33 atom stereocenters. The second kappa shape index (κ2) is 26.6. The maximum atomic E-state index is 12.8. The van der Waals surface area contributed by atoms with E-state index in [1.165, 1.54) is 0 Å². The summed E-state index contributed by atoms with van der Waals surface area (Å²) in [6.07, 6.45) is -31.5. The average molecular weight is 1240 g/mol. The van der Waals surface area contributed by atoms with Crippen LogP contribution in [-0.2, 0) is 47.4 Å². The maximum absolute atomic E-state index is 12.8. The van der Waals surface area contributed by atoms with Gasteiger partial charge < -0.3 is 134 Å². The zero-order valence-electron chi connectivity index (χ0n) is 50.5. The van der Waals surface area contributed by atoms with Crippen LogP contribution in [0.5, 0.6) is 0 Å². The minimum Gasteiger partial charge on any atom is -0.394 e. The molecule has 9 aliphatic rings. The predicted octanol–water partition coefficient (Wildman–Crippen LogP) is -3.74. The lowest BCUT2D eigenvalue weighted by Gasteiger charge is -2.67. The van der Waals surface area contributed by atoms with Crippen LogP contribution >= 0.6 is 0 Å². The molecule has 5 heterocycles. The van der Waals surface area contributed by atoms with Gasteiger partial charge in [0.2, 0.25) is 0 Å². The van der Waals surface area contributed by atoms with Crippen molar-refractivity contribution in [2.45, 2.75) is 278 Å². The van der Waals surface area contributed by atoms with Crippen LogP contribution in [0.4, 0.5) is 0 Å². The minimum absolute atomic E-state index is 0.00589. The van der Waals surface area contributed by atoms with E-state index in [-0.39, 0.29) is 54.0 Å². The predicted molar refractivity (Wildman–Crippen MR) is 293 cm³/mol. The van der Waals surface area contributed by atoms with Crippen molar-refractivity contribution >= 4 is 0 Å². The molecule has 3 saturated carbocycles. The van der Waals surface area contributed by atoms with E-state index >= 15 is 0 Å². The molecule has 5 saturated heterocycles. The summed E-state index contributed by atoms with van der Waals surface area (Å²) in [5, 5.41) is 185. The Morgan fingerprint density at radius 2 is 1.13 bits per heavy atom. The molecular weight excluding hydrogens is 1140 g/mol. The fourth-order valence-corrected chi connectivity index (χ4v) is 16.8. The van der Waals surface area contributed by atoms with E-state index in [2.05, 4.69) is 47.6 Å². The van der Waals surface area contributed by atoms with E-state index in [0.717, 1.165) is 18.4 Å². The van der Waals surface area contributed by atoms with E-state index in [9.17, 15) is 86.8 Å². The van der Waals surface area contributed by atoms with Crippen LogP contribution in [0.25, 0.3) is 0 Å². The first-order chi connectivity index (χ1) is 40.3. The molecule has 498 valence electrons. The largest absolute Gasteiger partial charge is 0.394 e. The van der Waals surface area contributed by atoms with Gasteiger partial charge in [0.15, 0.2) is 31.5 Å². The summed E-state index contributed by atoms with van der Waals surface area (Å²) >= 11 is 0. The fraction of sp³-hybridized carbons (Fsp3) is 0.966. The van der Waals surface area contributed by atoms with Crippen molar-refractivity contribution in [3.05, 3.63) is 11.6 Å². The molecule has 86 heavy (non-hydrogen) atoms. The highest BCUT2D eigenvalue weighted by Gasteiger charge is 2.70. The lowest BCUT2D eigenvalue weighted by molar-refractivity contribution is -0.378. The Morgan fingerprint density at radius 1 is 0.593 bits per heavy atom. The van der Waals surface area contributed by atoms with Crippen molar-refractivity contribution in [2.75, 3.05) is 33.0 Å². The Kier molecular flexibility index (Phi) is 21.3. The molecule has 5 aliphatic heterocycles. The summed E-state index contributed by atoms with van der Waals surface area (Å²) in [4.78, 5) is 0. The molecule has 4 aliphatic carbocycles. The number of aliphatic hydroxyl groups is 17. The summed E-state index contributed by atoms with van der Waals surface area (Å²) in [5.74, 6) is 0.113. The summed E-state index contributed by atoms with van der Waals surface area (Å²) in [7, 11) is 0. The number of rotatable bonds is 19. The summed E-state index contributed by atoms with van der Waals surface area (Å²) in [5.41, 5.74) is -2.30. The van der Waals surface area contributed by atoms with Gasteiger partial charge in [-0.3, -0.25) is 0 Å². The molecule has 0 amide bonds. The van der Waals surface area contributed by atoms with Gasteiger partial charge >= 0.3 is 0 Å². The first-order valence-corrected chi connectivity index (χ1v) is 30.9. The quantitative estimate of drug-likeness (QED) is 0.0553. The number of hydrogen-bond acceptors (Lipinski definition) is 27. The van der Waals surface area contributed by atoms with Crippen molar-refractivity contribution in [3.63, 3.8) is 0 Å². The van der Waals surface area contributed by atoms with Crippen molar-refractivity contribution < 1.29 is 134 Å². The maximum Gasteiger partial charge on any atom is 0.187 e. The molecule has 0 aromatic rings. The number of aliphatic hydroxyl groups excluding tert-OH is 16. The first-order valence-electron chi connectivity index (χ1n) is 30.9. The summed E-state index contributed by atoms with van der Waals surface area (Å²) in [6, 6.07) is 0. The molecule has 17 N–H and O–H groups in total. The highest BCUT2D eigenvalue weighted by Crippen LogP contribution is 2.75. The van der Waals surface area contributed by atoms with Crippen LogP contribution in [-0.4, -0.2) is 285 Å². The Morgan fingerprint density at radius 3 is 1.71 bits per heavy atom. The monoisotopic (exact) mass is 1240 g/mol. The molecule has 27 heteroatoms. The van der Waals surface area contributed by atoms with Crippen LogP contribution in [0.15, 0.2) is 11.6 Å². The third-order valence-electron chi connectivity index (χ3n) is 22.3. The van der Waals surface area contributed by atoms with Gasteiger partial charge in [-0.2, -0.15) is 0 Å². The highest BCUT2D eigenvalue weighted by atomic mass is 16.8. The van der Waals surface area contributed by atoms with Gasteiger partial charge in [-0.25, -0.2) is 0 Å². The fourth-order valence-electron chi connectivity index (χ4n) is 16.8. The lowest BCUT2D eigenvalue weighted by Crippen LogP contribution is -2.66. The zero-order valence-corrected chi connectivity index (χ0v) is 50.5. The van der Waals surface area contributed by atoms with Crippen LogP contribution in [0.1, 0.15) is 113 Å². The molecule has 27 nitrogen and oxygen atoms in total.